The lowest BCUT2D eigenvalue weighted by Crippen LogP contribution is -1.98. The van der Waals surface area contributed by atoms with E-state index in [0.29, 0.717) is 22.8 Å². The number of carbonyl (C=O) groups is 1. The fourth-order valence-electron chi connectivity index (χ4n) is 1.97. The van der Waals surface area contributed by atoms with Crippen molar-refractivity contribution in [3.8, 4) is 17.0 Å². The highest BCUT2D eigenvalue weighted by atomic mass is 19.1. The van der Waals surface area contributed by atoms with Gasteiger partial charge in [-0.2, -0.15) is 0 Å². The van der Waals surface area contributed by atoms with Crippen LogP contribution in [-0.4, -0.2) is 22.9 Å². The highest BCUT2D eigenvalue weighted by Gasteiger charge is 2.15. The van der Waals surface area contributed by atoms with Crippen LogP contribution in [0.15, 0.2) is 18.2 Å². The number of rotatable bonds is 4. The molecule has 2 aromatic rings. The molecule has 1 heterocycles. The molecule has 1 N–H and O–H groups in total. The molecule has 1 aromatic carbocycles. The first-order valence-electron chi connectivity index (χ1n) is 5.90. The van der Waals surface area contributed by atoms with Gasteiger partial charge >= 0.3 is 0 Å². The first kappa shape index (κ1) is 13.3. The van der Waals surface area contributed by atoms with Crippen LogP contribution >= 0.6 is 0 Å². The Kier molecular flexibility index (Phi) is 3.64. The molecule has 0 bridgehead atoms. The second kappa shape index (κ2) is 5.22. The van der Waals surface area contributed by atoms with E-state index in [-0.39, 0.29) is 18.0 Å². The lowest BCUT2D eigenvalue weighted by atomic mass is 10.1. The third kappa shape index (κ3) is 2.81. The summed E-state index contributed by atoms with van der Waals surface area (Å²) in [6.45, 7) is 3.33. The highest BCUT2D eigenvalue weighted by Crippen LogP contribution is 2.31. The molecule has 1 aromatic heterocycles. The summed E-state index contributed by atoms with van der Waals surface area (Å²) in [6.07, 6.45) is 0.235. The summed E-state index contributed by atoms with van der Waals surface area (Å²) in [5.41, 5.74) is 1.96. The molecule has 0 radical (unpaired) electrons. The zero-order valence-corrected chi connectivity index (χ0v) is 11.1. The maximum Gasteiger partial charge on any atom is 0.137 e. The number of carbonyl (C=O) groups excluding carboxylic acids is 1. The van der Waals surface area contributed by atoms with E-state index >= 15 is 0 Å². The summed E-state index contributed by atoms with van der Waals surface area (Å²) in [7, 11) is 1.52. The quantitative estimate of drug-likeness (QED) is 0.921. The van der Waals surface area contributed by atoms with Crippen molar-refractivity contribution in [2.75, 3.05) is 7.11 Å². The topological polar surface area (TPSA) is 55.0 Å². The molecule has 19 heavy (non-hydrogen) atoms. The number of H-pyrrole nitrogens is 1. The number of hydrogen-bond donors (Lipinski definition) is 1. The van der Waals surface area contributed by atoms with E-state index in [4.69, 9.17) is 4.74 Å². The minimum absolute atomic E-state index is 0.0199. The lowest BCUT2D eigenvalue weighted by Gasteiger charge is -2.06. The Hall–Kier alpha value is -2.17. The Morgan fingerprint density at radius 1 is 1.47 bits per heavy atom. The van der Waals surface area contributed by atoms with Gasteiger partial charge in [-0.15, -0.1) is 0 Å². The van der Waals surface area contributed by atoms with Crippen molar-refractivity contribution in [1.82, 2.24) is 9.97 Å². The zero-order chi connectivity index (χ0) is 14.0. The van der Waals surface area contributed by atoms with Crippen LogP contribution in [0.1, 0.15) is 18.4 Å². The number of aryl methyl sites for hydroxylation is 1. The van der Waals surface area contributed by atoms with Gasteiger partial charge < -0.3 is 9.72 Å². The van der Waals surface area contributed by atoms with Crippen LogP contribution in [-0.2, 0) is 11.2 Å². The number of benzene rings is 1. The molecular formula is C14H15FN2O2. The van der Waals surface area contributed by atoms with Crippen molar-refractivity contribution < 1.29 is 13.9 Å². The minimum Gasteiger partial charge on any atom is -0.496 e. The van der Waals surface area contributed by atoms with Gasteiger partial charge in [-0.25, -0.2) is 9.37 Å². The van der Waals surface area contributed by atoms with Crippen LogP contribution in [0.3, 0.4) is 0 Å². The van der Waals surface area contributed by atoms with Gasteiger partial charge in [-0.1, -0.05) is 0 Å². The molecule has 0 saturated heterocycles. The van der Waals surface area contributed by atoms with E-state index in [0.717, 1.165) is 5.69 Å². The Morgan fingerprint density at radius 3 is 2.84 bits per heavy atom. The van der Waals surface area contributed by atoms with Gasteiger partial charge in [0.15, 0.2) is 0 Å². The van der Waals surface area contributed by atoms with Crippen LogP contribution in [0.5, 0.6) is 5.75 Å². The first-order valence-corrected chi connectivity index (χ1v) is 5.90. The van der Waals surface area contributed by atoms with Crippen molar-refractivity contribution >= 4 is 5.78 Å². The third-order valence-electron chi connectivity index (χ3n) is 2.77. The molecule has 5 heteroatoms. The van der Waals surface area contributed by atoms with Crippen LogP contribution in [0.2, 0.25) is 0 Å². The predicted molar refractivity (Wildman–Crippen MR) is 69.7 cm³/mol. The summed E-state index contributed by atoms with van der Waals surface area (Å²) in [4.78, 5) is 18.5. The van der Waals surface area contributed by atoms with E-state index < -0.39 is 0 Å². The molecule has 2 rings (SSSR count). The van der Waals surface area contributed by atoms with Crippen LogP contribution in [0.4, 0.5) is 4.39 Å². The third-order valence-corrected chi connectivity index (χ3v) is 2.77. The predicted octanol–water partition coefficient (Wildman–Crippen LogP) is 2.66. The Bertz CT molecular complexity index is 620. The second-order valence-corrected chi connectivity index (χ2v) is 4.38. The highest BCUT2D eigenvalue weighted by molar-refractivity contribution is 5.78. The number of halogens is 1. The van der Waals surface area contributed by atoms with Gasteiger partial charge in [0.05, 0.1) is 19.2 Å². The molecule has 0 amide bonds. The first-order chi connectivity index (χ1) is 9.01. The van der Waals surface area contributed by atoms with Crippen molar-refractivity contribution in [2.24, 2.45) is 0 Å². The number of aromatic amines is 1. The molecule has 0 aliphatic heterocycles. The SMILES string of the molecule is COc1ccc(F)cc1-c1nc(CC(C)=O)[nH]c1C. The van der Waals surface area contributed by atoms with E-state index in [1.807, 2.05) is 6.92 Å². The molecule has 0 atom stereocenters. The summed E-state index contributed by atoms with van der Waals surface area (Å²) < 4.78 is 18.6. The van der Waals surface area contributed by atoms with E-state index in [9.17, 15) is 9.18 Å². The molecule has 0 aliphatic rings. The van der Waals surface area contributed by atoms with Gasteiger partial charge in [0.2, 0.25) is 0 Å². The smallest absolute Gasteiger partial charge is 0.137 e. The number of hydrogen-bond acceptors (Lipinski definition) is 3. The number of Topliss-reactive ketones (excluding diaryl/α,β-unsaturated/α-hetero) is 1. The average molecular weight is 262 g/mol. The molecule has 0 spiro atoms. The second-order valence-electron chi connectivity index (χ2n) is 4.38. The van der Waals surface area contributed by atoms with E-state index in [2.05, 4.69) is 9.97 Å². The fourth-order valence-corrected chi connectivity index (χ4v) is 1.97. The average Bonchev–Trinajstić information content (AvgIpc) is 2.69. The van der Waals surface area contributed by atoms with Gasteiger partial charge in [-0.05, 0) is 32.0 Å². The van der Waals surface area contributed by atoms with Crippen molar-refractivity contribution in [3.05, 3.63) is 35.5 Å². The summed E-state index contributed by atoms with van der Waals surface area (Å²) in [6, 6.07) is 4.27. The molecule has 100 valence electrons. The van der Waals surface area contributed by atoms with Crippen molar-refractivity contribution in [2.45, 2.75) is 20.3 Å². The van der Waals surface area contributed by atoms with Crippen LogP contribution < -0.4 is 4.74 Å². The normalized spacial score (nSPS) is 10.5. The molecule has 0 fully saturated rings. The maximum absolute atomic E-state index is 13.4. The molecule has 0 saturated carbocycles. The maximum atomic E-state index is 13.4. The van der Waals surface area contributed by atoms with Gasteiger partial charge in [0.25, 0.3) is 0 Å². The lowest BCUT2D eigenvalue weighted by molar-refractivity contribution is -0.116. The number of imidazole rings is 1. The number of nitrogens with one attached hydrogen (secondary N) is 1. The van der Waals surface area contributed by atoms with E-state index in [1.165, 1.54) is 26.2 Å². The van der Waals surface area contributed by atoms with E-state index in [1.54, 1.807) is 6.07 Å². The number of ether oxygens (including phenoxy) is 1. The monoisotopic (exact) mass is 262 g/mol. The Morgan fingerprint density at radius 2 is 2.21 bits per heavy atom. The van der Waals surface area contributed by atoms with Gasteiger partial charge in [0, 0.05) is 11.3 Å². The number of aromatic nitrogens is 2. The standard InChI is InChI=1S/C14H15FN2O2/c1-8(18)6-13-16-9(2)14(17-13)11-7-10(15)4-5-12(11)19-3/h4-5,7H,6H2,1-3H3,(H,16,17). The zero-order valence-electron chi connectivity index (χ0n) is 11.1. The van der Waals surface area contributed by atoms with Crippen molar-refractivity contribution in [1.29, 1.82) is 0 Å². The minimum atomic E-state index is -0.355. The molecule has 0 aliphatic carbocycles. The van der Waals surface area contributed by atoms with Gasteiger partial charge in [-0.3, -0.25) is 4.79 Å². The summed E-state index contributed by atoms with van der Waals surface area (Å²) in [5.74, 6) is 0.787. The summed E-state index contributed by atoms with van der Waals surface area (Å²) >= 11 is 0. The van der Waals surface area contributed by atoms with Crippen LogP contribution in [0.25, 0.3) is 11.3 Å². The Labute approximate surface area is 110 Å². The number of ketones is 1. The summed E-state index contributed by atoms with van der Waals surface area (Å²) in [5, 5.41) is 0. The largest absolute Gasteiger partial charge is 0.496 e. The molecule has 0 unspecified atom stereocenters. The number of nitrogens with zero attached hydrogens (tertiary/aromatic N) is 1. The van der Waals surface area contributed by atoms with Crippen LogP contribution in [0, 0.1) is 12.7 Å². The Balaban J connectivity index is 2.49. The van der Waals surface area contributed by atoms with Gasteiger partial charge in [0.1, 0.15) is 23.2 Å². The molecular weight excluding hydrogens is 247 g/mol. The fraction of sp³-hybridized carbons (Fsp3) is 0.286. The number of methoxy groups -OCH3 is 1. The van der Waals surface area contributed by atoms with Crippen molar-refractivity contribution in [3.63, 3.8) is 0 Å². The molecule has 4 nitrogen and oxygen atoms in total.